The molecule has 0 aromatic carbocycles. The Labute approximate surface area is 77.7 Å². The van der Waals surface area contributed by atoms with Crippen LogP contribution in [-0.2, 0) is 14.3 Å². The van der Waals surface area contributed by atoms with Crippen LogP contribution in [-0.4, -0.2) is 24.8 Å². The molecule has 72 valence electrons. The summed E-state index contributed by atoms with van der Waals surface area (Å²) in [6.45, 7) is 3.82. The summed E-state index contributed by atoms with van der Waals surface area (Å²) in [4.78, 5) is 11.4. The highest BCUT2D eigenvalue weighted by molar-refractivity contribution is 5.72. The molecular formula is C10H14O3. The third-order valence-corrected chi connectivity index (χ3v) is 2.68. The second-order valence-electron chi connectivity index (χ2n) is 3.64. The van der Waals surface area contributed by atoms with Crippen LogP contribution in [0.15, 0.2) is 12.7 Å². The normalized spacial score (nSPS) is 36.2. The SMILES string of the molecule is C=CCOC(=O)[C@H]1CC[C@H]2O[C@@H]2C1. The van der Waals surface area contributed by atoms with Gasteiger partial charge >= 0.3 is 5.97 Å². The van der Waals surface area contributed by atoms with E-state index in [-0.39, 0.29) is 11.9 Å². The van der Waals surface area contributed by atoms with E-state index in [2.05, 4.69) is 6.58 Å². The largest absolute Gasteiger partial charge is 0.461 e. The van der Waals surface area contributed by atoms with Crippen LogP contribution < -0.4 is 0 Å². The van der Waals surface area contributed by atoms with E-state index >= 15 is 0 Å². The maximum Gasteiger partial charge on any atom is 0.309 e. The van der Waals surface area contributed by atoms with Gasteiger partial charge in [-0.1, -0.05) is 12.7 Å². The van der Waals surface area contributed by atoms with Crippen LogP contribution in [0.5, 0.6) is 0 Å². The zero-order valence-corrected chi connectivity index (χ0v) is 7.57. The van der Waals surface area contributed by atoms with Crippen molar-refractivity contribution in [3.8, 4) is 0 Å². The van der Waals surface area contributed by atoms with E-state index in [1.165, 1.54) is 0 Å². The molecule has 1 aliphatic heterocycles. The minimum absolute atomic E-state index is 0.0590. The molecule has 1 saturated heterocycles. The van der Waals surface area contributed by atoms with Crippen molar-refractivity contribution in [2.45, 2.75) is 31.5 Å². The zero-order valence-electron chi connectivity index (χ0n) is 7.57. The average Bonchev–Trinajstić information content (AvgIpc) is 2.91. The molecule has 2 fully saturated rings. The number of hydrogen-bond acceptors (Lipinski definition) is 3. The first-order chi connectivity index (χ1) is 6.31. The highest BCUT2D eigenvalue weighted by Gasteiger charge is 2.46. The van der Waals surface area contributed by atoms with Gasteiger partial charge in [-0.05, 0) is 19.3 Å². The number of ether oxygens (including phenoxy) is 2. The molecule has 0 aromatic rings. The molecule has 3 heteroatoms. The Hall–Kier alpha value is -0.830. The fourth-order valence-corrected chi connectivity index (χ4v) is 1.88. The fraction of sp³-hybridized carbons (Fsp3) is 0.700. The third-order valence-electron chi connectivity index (χ3n) is 2.68. The topological polar surface area (TPSA) is 38.8 Å². The van der Waals surface area contributed by atoms with Crippen LogP contribution in [0.2, 0.25) is 0 Å². The quantitative estimate of drug-likeness (QED) is 0.375. The Balaban J connectivity index is 1.78. The summed E-state index contributed by atoms with van der Waals surface area (Å²) in [5.74, 6) is -0.0300. The minimum Gasteiger partial charge on any atom is -0.461 e. The van der Waals surface area contributed by atoms with Gasteiger partial charge in [-0.15, -0.1) is 0 Å². The molecule has 2 aliphatic rings. The Morgan fingerprint density at radius 1 is 1.54 bits per heavy atom. The van der Waals surface area contributed by atoms with Crippen molar-refractivity contribution in [1.29, 1.82) is 0 Å². The number of carbonyl (C=O) groups excluding carboxylic acids is 1. The molecule has 1 heterocycles. The molecule has 13 heavy (non-hydrogen) atoms. The van der Waals surface area contributed by atoms with Gasteiger partial charge in [0.2, 0.25) is 0 Å². The van der Waals surface area contributed by atoms with Crippen molar-refractivity contribution in [2.75, 3.05) is 6.61 Å². The number of carbonyl (C=O) groups is 1. The van der Waals surface area contributed by atoms with E-state index in [4.69, 9.17) is 9.47 Å². The lowest BCUT2D eigenvalue weighted by atomic mass is 9.89. The predicted molar refractivity (Wildman–Crippen MR) is 47.2 cm³/mol. The lowest BCUT2D eigenvalue weighted by Crippen LogP contribution is -2.23. The van der Waals surface area contributed by atoms with Crippen LogP contribution in [0.3, 0.4) is 0 Å². The minimum atomic E-state index is -0.0890. The van der Waals surface area contributed by atoms with Gasteiger partial charge in [0.05, 0.1) is 18.1 Å². The number of hydrogen-bond donors (Lipinski definition) is 0. The lowest BCUT2D eigenvalue weighted by Gasteiger charge is -2.16. The molecule has 0 N–H and O–H groups in total. The summed E-state index contributed by atoms with van der Waals surface area (Å²) >= 11 is 0. The van der Waals surface area contributed by atoms with E-state index in [9.17, 15) is 4.79 Å². The van der Waals surface area contributed by atoms with Gasteiger partial charge in [0.1, 0.15) is 6.61 Å². The highest BCUT2D eigenvalue weighted by Crippen LogP contribution is 2.39. The van der Waals surface area contributed by atoms with Crippen molar-refractivity contribution in [1.82, 2.24) is 0 Å². The van der Waals surface area contributed by atoms with Gasteiger partial charge in [-0.3, -0.25) is 4.79 Å². The third kappa shape index (κ3) is 1.91. The second-order valence-corrected chi connectivity index (χ2v) is 3.64. The van der Waals surface area contributed by atoms with E-state index in [1.54, 1.807) is 6.08 Å². The van der Waals surface area contributed by atoms with Crippen LogP contribution in [0.4, 0.5) is 0 Å². The summed E-state index contributed by atoms with van der Waals surface area (Å²) < 4.78 is 10.3. The molecule has 0 radical (unpaired) electrons. The first-order valence-corrected chi connectivity index (χ1v) is 4.74. The van der Waals surface area contributed by atoms with Crippen molar-refractivity contribution < 1.29 is 14.3 Å². The molecule has 0 aromatic heterocycles. The summed E-state index contributed by atoms with van der Waals surface area (Å²) in [7, 11) is 0. The Morgan fingerprint density at radius 2 is 2.38 bits per heavy atom. The molecule has 2 rings (SSSR count). The summed E-state index contributed by atoms with van der Waals surface area (Å²) in [5, 5.41) is 0. The smallest absolute Gasteiger partial charge is 0.309 e. The fourth-order valence-electron chi connectivity index (χ4n) is 1.88. The van der Waals surface area contributed by atoms with Crippen LogP contribution in [0.25, 0.3) is 0 Å². The van der Waals surface area contributed by atoms with E-state index < -0.39 is 0 Å². The molecule has 3 atom stereocenters. The summed E-state index contributed by atoms with van der Waals surface area (Å²) in [6.07, 6.45) is 5.16. The van der Waals surface area contributed by atoms with E-state index in [0.717, 1.165) is 19.3 Å². The summed E-state index contributed by atoms with van der Waals surface area (Å²) in [6, 6.07) is 0. The number of epoxide rings is 1. The van der Waals surface area contributed by atoms with Crippen molar-refractivity contribution in [3.63, 3.8) is 0 Å². The van der Waals surface area contributed by atoms with Crippen LogP contribution >= 0.6 is 0 Å². The van der Waals surface area contributed by atoms with Crippen molar-refractivity contribution >= 4 is 5.97 Å². The number of esters is 1. The Kier molecular flexibility index (Phi) is 2.36. The summed E-state index contributed by atoms with van der Waals surface area (Å²) in [5.41, 5.74) is 0. The molecule has 3 nitrogen and oxygen atoms in total. The Bertz CT molecular complexity index is 224. The van der Waals surface area contributed by atoms with Crippen molar-refractivity contribution in [2.24, 2.45) is 5.92 Å². The highest BCUT2D eigenvalue weighted by atomic mass is 16.6. The van der Waals surface area contributed by atoms with Gasteiger partial charge in [0.25, 0.3) is 0 Å². The number of fused-ring (bicyclic) bond motifs is 1. The maximum atomic E-state index is 11.4. The molecule has 1 aliphatic carbocycles. The lowest BCUT2D eigenvalue weighted by molar-refractivity contribution is -0.148. The average molecular weight is 182 g/mol. The van der Waals surface area contributed by atoms with Gasteiger partial charge in [-0.25, -0.2) is 0 Å². The second kappa shape index (κ2) is 3.50. The van der Waals surface area contributed by atoms with Gasteiger partial charge < -0.3 is 9.47 Å². The first kappa shape index (κ1) is 8.75. The standard InChI is InChI=1S/C10H14O3/c1-2-5-12-10(11)7-3-4-8-9(6-7)13-8/h2,7-9H,1,3-6H2/t7-,8+,9+/m0/s1. The van der Waals surface area contributed by atoms with Gasteiger partial charge in [0, 0.05) is 0 Å². The predicted octanol–water partition coefficient (Wildman–Crippen LogP) is 1.28. The Morgan fingerprint density at radius 3 is 3.08 bits per heavy atom. The zero-order chi connectivity index (χ0) is 9.26. The van der Waals surface area contributed by atoms with Crippen LogP contribution in [0, 0.1) is 5.92 Å². The molecular weight excluding hydrogens is 168 g/mol. The molecule has 1 saturated carbocycles. The van der Waals surface area contributed by atoms with E-state index in [0.29, 0.717) is 18.8 Å². The monoisotopic (exact) mass is 182 g/mol. The van der Waals surface area contributed by atoms with E-state index in [1.807, 2.05) is 0 Å². The van der Waals surface area contributed by atoms with Crippen LogP contribution in [0.1, 0.15) is 19.3 Å². The molecule has 0 amide bonds. The molecule has 0 bridgehead atoms. The van der Waals surface area contributed by atoms with Crippen molar-refractivity contribution in [3.05, 3.63) is 12.7 Å². The molecule has 0 unspecified atom stereocenters. The van der Waals surface area contributed by atoms with Gasteiger partial charge in [0.15, 0.2) is 0 Å². The number of rotatable bonds is 3. The first-order valence-electron chi connectivity index (χ1n) is 4.74. The molecule has 0 spiro atoms. The van der Waals surface area contributed by atoms with Gasteiger partial charge in [-0.2, -0.15) is 0 Å². The maximum absolute atomic E-state index is 11.4.